The van der Waals surface area contributed by atoms with Crippen molar-refractivity contribution in [2.75, 3.05) is 13.7 Å². The Morgan fingerprint density at radius 2 is 1.69 bits per heavy atom. The van der Waals surface area contributed by atoms with E-state index in [0.717, 1.165) is 0 Å². The van der Waals surface area contributed by atoms with Gasteiger partial charge in [0.25, 0.3) is 0 Å². The molecule has 1 aromatic carbocycles. The summed E-state index contributed by atoms with van der Waals surface area (Å²) >= 11 is 0. The molecule has 0 amide bonds. The lowest BCUT2D eigenvalue weighted by atomic mass is 9.98. The van der Waals surface area contributed by atoms with Crippen LogP contribution in [0, 0.1) is 13.8 Å². The van der Waals surface area contributed by atoms with Crippen molar-refractivity contribution < 1.29 is 44.5 Å². The van der Waals surface area contributed by atoms with Gasteiger partial charge in [0, 0.05) is 11.1 Å². The van der Waals surface area contributed by atoms with Crippen LogP contribution in [0.3, 0.4) is 0 Å². The molecule has 0 aromatic heterocycles. The predicted octanol–water partition coefficient (Wildman–Crippen LogP) is -0.601. The standard InChI is InChI=1S/C17H24O9/c1-6-11(20)10(8(3)19)16(24-4)7(2)15(6)26-17-14(23)13(22)12(21)9(5-18)25-17/h9,12-14,17-18,20-23H,5H2,1-4H3. The second-order valence-corrected chi connectivity index (χ2v) is 6.21. The smallest absolute Gasteiger partial charge is 0.229 e. The first-order chi connectivity index (χ1) is 12.1. The van der Waals surface area contributed by atoms with Gasteiger partial charge in [-0.3, -0.25) is 4.79 Å². The van der Waals surface area contributed by atoms with Crippen LogP contribution in [0.2, 0.25) is 0 Å². The van der Waals surface area contributed by atoms with E-state index in [0.29, 0.717) is 5.56 Å². The molecule has 1 heterocycles. The topological polar surface area (TPSA) is 146 Å². The van der Waals surface area contributed by atoms with Gasteiger partial charge in [0.2, 0.25) is 6.29 Å². The van der Waals surface area contributed by atoms with Crippen LogP contribution in [0.4, 0.5) is 0 Å². The number of aliphatic hydroxyl groups is 4. The van der Waals surface area contributed by atoms with Crippen LogP contribution in [0.15, 0.2) is 0 Å². The molecule has 0 radical (unpaired) electrons. The number of phenols is 1. The number of carbonyl (C=O) groups is 1. The third-order valence-corrected chi connectivity index (χ3v) is 4.48. The van der Waals surface area contributed by atoms with Crippen molar-refractivity contribution in [3.8, 4) is 17.2 Å². The number of hydrogen-bond acceptors (Lipinski definition) is 9. The first-order valence-electron chi connectivity index (χ1n) is 8.03. The largest absolute Gasteiger partial charge is 0.507 e. The third-order valence-electron chi connectivity index (χ3n) is 4.48. The van der Waals surface area contributed by atoms with E-state index in [2.05, 4.69) is 0 Å². The monoisotopic (exact) mass is 372 g/mol. The van der Waals surface area contributed by atoms with Gasteiger partial charge in [-0.05, 0) is 20.8 Å². The average Bonchev–Trinajstić information content (AvgIpc) is 2.60. The highest BCUT2D eigenvalue weighted by atomic mass is 16.7. The summed E-state index contributed by atoms with van der Waals surface area (Å²) in [7, 11) is 1.33. The molecule has 9 heteroatoms. The fourth-order valence-corrected chi connectivity index (χ4v) is 3.01. The van der Waals surface area contributed by atoms with Gasteiger partial charge in [-0.2, -0.15) is 0 Å². The Balaban J connectivity index is 2.46. The highest BCUT2D eigenvalue weighted by molar-refractivity contribution is 6.01. The summed E-state index contributed by atoms with van der Waals surface area (Å²) in [6, 6.07) is 0. The zero-order chi connectivity index (χ0) is 19.8. The zero-order valence-corrected chi connectivity index (χ0v) is 15.0. The number of methoxy groups -OCH3 is 1. The summed E-state index contributed by atoms with van der Waals surface area (Å²) in [5.41, 5.74) is 0.596. The molecular weight excluding hydrogens is 348 g/mol. The summed E-state index contributed by atoms with van der Waals surface area (Å²) in [5, 5.41) is 49.4. The van der Waals surface area contributed by atoms with Crippen LogP contribution in [0.5, 0.6) is 17.2 Å². The molecule has 5 unspecified atom stereocenters. The average molecular weight is 372 g/mol. The SMILES string of the molecule is COc1c(C)c(OC2OC(CO)C(O)C(O)C2O)c(C)c(O)c1C(C)=O. The van der Waals surface area contributed by atoms with E-state index >= 15 is 0 Å². The van der Waals surface area contributed by atoms with Gasteiger partial charge in [-0.15, -0.1) is 0 Å². The number of Topliss-reactive ketones (excluding diaryl/α,β-unsaturated/α-hetero) is 1. The van der Waals surface area contributed by atoms with Gasteiger partial charge in [0.1, 0.15) is 47.2 Å². The number of benzene rings is 1. The minimum atomic E-state index is -1.60. The van der Waals surface area contributed by atoms with Gasteiger partial charge >= 0.3 is 0 Å². The van der Waals surface area contributed by atoms with E-state index in [9.17, 15) is 30.3 Å². The predicted molar refractivity (Wildman–Crippen MR) is 88.5 cm³/mol. The Hall–Kier alpha value is -1.91. The van der Waals surface area contributed by atoms with Gasteiger partial charge in [-0.25, -0.2) is 0 Å². The number of rotatable bonds is 5. The summed E-state index contributed by atoms with van der Waals surface area (Å²) in [4.78, 5) is 11.8. The molecule has 146 valence electrons. The molecule has 1 aliphatic heterocycles. The molecule has 0 aliphatic carbocycles. The molecule has 26 heavy (non-hydrogen) atoms. The summed E-state index contributed by atoms with van der Waals surface area (Å²) in [5.74, 6) is -0.529. The van der Waals surface area contributed by atoms with E-state index in [4.69, 9.17) is 14.2 Å². The second-order valence-electron chi connectivity index (χ2n) is 6.21. The fraction of sp³-hybridized carbons (Fsp3) is 0.588. The van der Waals surface area contributed by atoms with E-state index in [1.807, 2.05) is 0 Å². The molecule has 9 nitrogen and oxygen atoms in total. The summed E-state index contributed by atoms with van der Waals surface area (Å²) in [6.45, 7) is 3.79. The van der Waals surface area contributed by atoms with Crippen molar-refractivity contribution in [1.29, 1.82) is 0 Å². The number of phenolic OH excluding ortho intramolecular Hbond substituents is 1. The van der Waals surface area contributed by atoms with Gasteiger partial charge in [0.15, 0.2) is 5.78 Å². The van der Waals surface area contributed by atoms with Crippen LogP contribution in [0.1, 0.15) is 28.4 Å². The molecule has 5 N–H and O–H groups in total. The van der Waals surface area contributed by atoms with Crippen LogP contribution in [0.25, 0.3) is 0 Å². The van der Waals surface area contributed by atoms with Gasteiger partial charge in [0.05, 0.1) is 13.7 Å². The van der Waals surface area contributed by atoms with E-state index in [1.165, 1.54) is 21.0 Å². The van der Waals surface area contributed by atoms with E-state index in [-0.39, 0.29) is 28.4 Å². The lowest BCUT2D eigenvalue weighted by Crippen LogP contribution is -2.60. The maximum absolute atomic E-state index is 11.8. The molecule has 0 spiro atoms. The first-order valence-corrected chi connectivity index (χ1v) is 8.03. The molecular formula is C17H24O9. The van der Waals surface area contributed by atoms with Crippen molar-refractivity contribution in [3.63, 3.8) is 0 Å². The Kier molecular flexibility index (Phi) is 6.09. The van der Waals surface area contributed by atoms with Crippen molar-refractivity contribution in [2.24, 2.45) is 0 Å². The maximum atomic E-state index is 11.8. The number of ketones is 1. The molecule has 1 aliphatic rings. The number of aliphatic hydroxyl groups excluding tert-OH is 4. The number of hydrogen-bond donors (Lipinski definition) is 5. The molecule has 5 atom stereocenters. The number of ether oxygens (including phenoxy) is 3. The summed E-state index contributed by atoms with van der Waals surface area (Å²) < 4.78 is 16.2. The lowest BCUT2D eigenvalue weighted by molar-refractivity contribution is -0.277. The number of aromatic hydroxyl groups is 1. The molecule has 2 rings (SSSR count). The van der Waals surface area contributed by atoms with Crippen LogP contribution >= 0.6 is 0 Å². The third kappa shape index (κ3) is 3.36. The highest BCUT2D eigenvalue weighted by Crippen LogP contribution is 2.43. The maximum Gasteiger partial charge on any atom is 0.229 e. The molecule has 1 fully saturated rings. The molecule has 0 saturated carbocycles. The highest BCUT2D eigenvalue weighted by Gasteiger charge is 2.45. The van der Waals surface area contributed by atoms with Gasteiger partial charge < -0.3 is 39.7 Å². The first kappa shape index (κ1) is 20.4. The quantitative estimate of drug-likeness (QED) is 0.428. The Morgan fingerprint density at radius 3 is 2.19 bits per heavy atom. The molecule has 1 saturated heterocycles. The molecule has 1 aromatic rings. The van der Waals surface area contributed by atoms with Crippen molar-refractivity contribution in [3.05, 3.63) is 16.7 Å². The fourth-order valence-electron chi connectivity index (χ4n) is 3.01. The van der Waals surface area contributed by atoms with Gasteiger partial charge in [-0.1, -0.05) is 0 Å². The van der Waals surface area contributed by atoms with Crippen molar-refractivity contribution in [1.82, 2.24) is 0 Å². The van der Waals surface area contributed by atoms with Crippen LogP contribution < -0.4 is 9.47 Å². The van der Waals surface area contributed by atoms with E-state index < -0.39 is 43.1 Å². The normalized spacial score (nSPS) is 28.7. The van der Waals surface area contributed by atoms with E-state index in [1.54, 1.807) is 6.92 Å². The lowest BCUT2D eigenvalue weighted by Gasteiger charge is -2.40. The minimum absolute atomic E-state index is 0.00338. The molecule has 0 bridgehead atoms. The zero-order valence-electron chi connectivity index (χ0n) is 15.0. The Morgan fingerprint density at radius 1 is 1.08 bits per heavy atom. The number of carbonyl (C=O) groups excluding carboxylic acids is 1. The van der Waals surface area contributed by atoms with Crippen molar-refractivity contribution >= 4 is 5.78 Å². The Labute approximate surface area is 150 Å². The minimum Gasteiger partial charge on any atom is -0.507 e. The Bertz CT molecular complexity index is 686. The summed E-state index contributed by atoms with van der Waals surface area (Å²) in [6.07, 6.45) is -7.27. The van der Waals surface area contributed by atoms with Crippen LogP contribution in [-0.2, 0) is 4.74 Å². The van der Waals surface area contributed by atoms with Crippen molar-refractivity contribution in [2.45, 2.75) is 51.5 Å². The second kappa shape index (κ2) is 7.77. The van der Waals surface area contributed by atoms with Crippen LogP contribution in [-0.4, -0.2) is 75.7 Å².